The Morgan fingerprint density at radius 1 is 1.27 bits per heavy atom. The second-order valence-electron chi connectivity index (χ2n) is 8.21. The van der Waals surface area contributed by atoms with Crippen LogP contribution in [0.25, 0.3) is 0 Å². The molecule has 7 nitrogen and oxygen atoms in total. The number of aryl methyl sites for hydroxylation is 1. The van der Waals surface area contributed by atoms with Gasteiger partial charge in [-0.1, -0.05) is 24.6 Å². The van der Waals surface area contributed by atoms with Crippen molar-refractivity contribution in [3.05, 3.63) is 40.9 Å². The van der Waals surface area contributed by atoms with Crippen LogP contribution < -0.4 is 5.32 Å². The van der Waals surface area contributed by atoms with Crippen LogP contribution in [-0.4, -0.2) is 36.2 Å². The zero-order chi connectivity index (χ0) is 21.4. The fourth-order valence-corrected chi connectivity index (χ4v) is 4.86. The lowest BCUT2D eigenvalue weighted by molar-refractivity contribution is -0.160. The highest BCUT2D eigenvalue weighted by Gasteiger charge is 2.65. The minimum atomic E-state index is -1.27. The number of benzene rings is 1. The zero-order valence-corrected chi connectivity index (χ0v) is 18.2. The van der Waals surface area contributed by atoms with Crippen molar-refractivity contribution < 1.29 is 23.8 Å². The SMILES string of the molecule is CCCOC[C@H]1C[C@]2(C[C@](C)(c3csc(Nc4ccc(C)cc4)n3)OC2=O)C(=O)O1. The molecule has 0 bridgehead atoms. The smallest absolute Gasteiger partial charge is 0.324 e. The van der Waals surface area contributed by atoms with Crippen LogP contribution >= 0.6 is 11.3 Å². The molecule has 0 radical (unpaired) electrons. The minimum Gasteiger partial charge on any atom is -0.459 e. The van der Waals surface area contributed by atoms with Crippen molar-refractivity contribution in [1.82, 2.24) is 4.98 Å². The maximum absolute atomic E-state index is 12.8. The molecule has 0 saturated carbocycles. The largest absolute Gasteiger partial charge is 0.459 e. The number of rotatable bonds is 7. The molecule has 1 aromatic carbocycles. The molecule has 0 amide bonds. The van der Waals surface area contributed by atoms with Gasteiger partial charge in [-0.2, -0.15) is 0 Å². The third-order valence-corrected chi connectivity index (χ3v) is 6.35. The third kappa shape index (κ3) is 3.81. The number of hydrogen-bond donors (Lipinski definition) is 1. The Kier molecular flexibility index (Phi) is 5.55. The Bertz CT molecular complexity index is 943. The Hall–Kier alpha value is -2.45. The zero-order valence-electron chi connectivity index (χ0n) is 17.4. The third-order valence-electron chi connectivity index (χ3n) is 5.59. The predicted molar refractivity (Wildman–Crippen MR) is 113 cm³/mol. The number of aromatic nitrogens is 1. The van der Waals surface area contributed by atoms with Crippen molar-refractivity contribution >= 4 is 34.1 Å². The van der Waals surface area contributed by atoms with Gasteiger partial charge < -0.3 is 19.5 Å². The van der Waals surface area contributed by atoms with E-state index in [4.69, 9.17) is 14.2 Å². The normalized spacial score (nSPS) is 28.0. The van der Waals surface area contributed by atoms with Gasteiger partial charge in [0.1, 0.15) is 6.10 Å². The van der Waals surface area contributed by atoms with E-state index in [1.807, 2.05) is 43.5 Å². The highest BCUT2D eigenvalue weighted by Crippen LogP contribution is 2.52. The quantitative estimate of drug-likeness (QED) is 0.402. The first-order valence-corrected chi connectivity index (χ1v) is 11.0. The summed E-state index contributed by atoms with van der Waals surface area (Å²) in [5, 5.41) is 5.83. The summed E-state index contributed by atoms with van der Waals surface area (Å²) in [6.07, 6.45) is 0.959. The monoisotopic (exact) mass is 430 g/mol. The topological polar surface area (TPSA) is 86.8 Å². The average molecular weight is 431 g/mol. The number of nitrogens with zero attached hydrogens (tertiary/aromatic N) is 1. The summed E-state index contributed by atoms with van der Waals surface area (Å²) in [6.45, 7) is 6.74. The van der Waals surface area contributed by atoms with E-state index in [1.165, 1.54) is 16.9 Å². The minimum absolute atomic E-state index is 0.218. The van der Waals surface area contributed by atoms with Crippen molar-refractivity contribution in [2.24, 2.45) is 5.41 Å². The summed E-state index contributed by atoms with van der Waals surface area (Å²) in [5.74, 6) is -1.05. The van der Waals surface area contributed by atoms with Crippen LogP contribution in [0.4, 0.5) is 10.8 Å². The van der Waals surface area contributed by atoms with E-state index in [-0.39, 0.29) is 12.8 Å². The number of anilines is 2. The molecular weight excluding hydrogens is 404 g/mol. The number of carbonyl (C=O) groups excluding carboxylic acids is 2. The molecule has 2 aliphatic rings. The van der Waals surface area contributed by atoms with Crippen LogP contribution in [-0.2, 0) is 29.4 Å². The summed E-state index contributed by atoms with van der Waals surface area (Å²) in [4.78, 5) is 30.1. The molecule has 30 heavy (non-hydrogen) atoms. The van der Waals surface area contributed by atoms with Crippen molar-refractivity contribution in [2.45, 2.75) is 51.7 Å². The van der Waals surface area contributed by atoms with Crippen molar-refractivity contribution in [1.29, 1.82) is 0 Å². The molecule has 0 unspecified atom stereocenters. The highest BCUT2D eigenvalue weighted by atomic mass is 32.1. The van der Waals surface area contributed by atoms with Gasteiger partial charge in [-0.15, -0.1) is 11.3 Å². The van der Waals surface area contributed by atoms with Crippen LogP contribution in [0.1, 0.15) is 44.4 Å². The molecule has 2 aliphatic heterocycles. The van der Waals surface area contributed by atoms with E-state index in [9.17, 15) is 9.59 Å². The van der Waals surface area contributed by atoms with E-state index in [1.54, 1.807) is 6.92 Å². The highest BCUT2D eigenvalue weighted by molar-refractivity contribution is 7.13. The molecule has 8 heteroatoms. The summed E-state index contributed by atoms with van der Waals surface area (Å²) >= 11 is 1.43. The fraction of sp³-hybridized carbons (Fsp3) is 0.500. The van der Waals surface area contributed by atoms with E-state index in [0.717, 1.165) is 12.1 Å². The molecule has 1 spiro atoms. The summed E-state index contributed by atoms with van der Waals surface area (Å²) in [5.41, 5.74) is 0.492. The van der Waals surface area contributed by atoms with Crippen LogP contribution in [0.3, 0.4) is 0 Å². The second kappa shape index (κ2) is 8.00. The van der Waals surface area contributed by atoms with Crippen molar-refractivity contribution in [3.63, 3.8) is 0 Å². The second-order valence-corrected chi connectivity index (χ2v) is 9.07. The predicted octanol–water partition coefficient (Wildman–Crippen LogP) is 4.09. The first kappa shape index (κ1) is 20.8. The average Bonchev–Trinajstić information content (AvgIpc) is 3.36. The molecule has 4 rings (SSSR count). The molecule has 1 aromatic heterocycles. The van der Waals surface area contributed by atoms with E-state index < -0.39 is 29.1 Å². The standard InChI is InChI=1S/C22H26N2O5S/c1-4-9-27-11-16-10-22(18(25)28-16)13-21(3,29-19(22)26)17-12-30-20(24-17)23-15-7-5-14(2)6-8-15/h5-8,12,16H,4,9-11,13H2,1-3H3,(H,23,24)/t16-,21-,22+/m1/s1. The summed E-state index contributed by atoms with van der Waals surface area (Å²) < 4.78 is 16.7. The molecule has 2 saturated heterocycles. The molecule has 3 atom stereocenters. The first-order chi connectivity index (χ1) is 14.3. The Balaban J connectivity index is 1.48. The van der Waals surface area contributed by atoms with Crippen LogP contribution in [0, 0.1) is 12.3 Å². The van der Waals surface area contributed by atoms with Gasteiger partial charge in [0.2, 0.25) is 0 Å². The Labute approximate surface area is 179 Å². The molecule has 1 N–H and O–H groups in total. The fourth-order valence-electron chi connectivity index (χ4n) is 4.00. The van der Waals surface area contributed by atoms with E-state index in [2.05, 4.69) is 10.3 Å². The number of cyclic esters (lactones) is 2. The van der Waals surface area contributed by atoms with Gasteiger partial charge in [-0.25, -0.2) is 4.98 Å². The number of ether oxygens (including phenoxy) is 3. The molecule has 0 aliphatic carbocycles. The summed E-state index contributed by atoms with van der Waals surface area (Å²) in [7, 11) is 0. The summed E-state index contributed by atoms with van der Waals surface area (Å²) in [6, 6.07) is 8.01. The van der Waals surface area contributed by atoms with Crippen LogP contribution in [0.2, 0.25) is 0 Å². The lowest BCUT2D eigenvalue weighted by Crippen LogP contribution is -2.32. The Morgan fingerprint density at radius 3 is 2.77 bits per heavy atom. The van der Waals surface area contributed by atoms with Gasteiger partial charge in [-0.05, 0) is 32.4 Å². The van der Waals surface area contributed by atoms with E-state index >= 15 is 0 Å². The number of nitrogens with one attached hydrogen (secondary N) is 1. The van der Waals surface area contributed by atoms with Crippen molar-refractivity contribution in [3.8, 4) is 0 Å². The van der Waals surface area contributed by atoms with Crippen LogP contribution in [0.15, 0.2) is 29.6 Å². The maximum atomic E-state index is 12.8. The Morgan fingerprint density at radius 2 is 2.03 bits per heavy atom. The molecule has 2 aromatic rings. The lowest BCUT2D eigenvalue weighted by atomic mass is 9.78. The first-order valence-electron chi connectivity index (χ1n) is 10.2. The molecule has 2 fully saturated rings. The van der Waals surface area contributed by atoms with Gasteiger partial charge in [0.25, 0.3) is 0 Å². The van der Waals surface area contributed by atoms with Crippen molar-refractivity contribution in [2.75, 3.05) is 18.5 Å². The number of hydrogen-bond acceptors (Lipinski definition) is 8. The van der Waals surface area contributed by atoms with Gasteiger partial charge in [0.15, 0.2) is 16.1 Å². The van der Waals surface area contributed by atoms with Gasteiger partial charge in [-0.3, -0.25) is 9.59 Å². The van der Waals surface area contributed by atoms with Crippen LogP contribution in [0.5, 0.6) is 0 Å². The number of thiazole rings is 1. The van der Waals surface area contributed by atoms with E-state index in [0.29, 0.717) is 24.0 Å². The van der Waals surface area contributed by atoms with Gasteiger partial charge >= 0.3 is 11.9 Å². The molecule has 3 heterocycles. The number of carbonyl (C=O) groups is 2. The number of esters is 2. The van der Waals surface area contributed by atoms with Gasteiger partial charge in [0, 0.05) is 30.5 Å². The lowest BCUT2D eigenvalue weighted by Gasteiger charge is -2.20. The molecule has 160 valence electrons. The van der Waals surface area contributed by atoms with Gasteiger partial charge in [0.05, 0.1) is 12.3 Å². The maximum Gasteiger partial charge on any atom is 0.324 e. The molecular formula is C22H26N2O5S.